The maximum Gasteiger partial charge on any atom is 0.330 e. The van der Waals surface area contributed by atoms with Crippen LogP contribution in [0.4, 0.5) is 5.69 Å². The zero-order valence-corrected chi connectivity index (χ0v) is 15.9. The number of fused-ring (bicyclic) bond motifs is 1. The molecule has 8 nitrogen and oxygen atoms in total. The Morgan fingerprint density at radius 2 is 2.07 bits per heavy atom. The molecule has 3 rings (SSSR count). The second kappa shape index (κ2) is 7.26. The van der Waals surface area contributed by atoms with Gasteiger partial charge in [-0.25, -0.2) is 4.79 Å². The van der Waals surface area contributed by atoms with Crippen LogP contribution in [0.3, 0.4) is 0 Å². The Morgan fingerprint density at radius 3 is 2.74 bits per heavy atom. The van der Waals surface area contributed by atoms with Crippen molar-refractivity contribution in [2.45, 2.75) is 52.6 Å². The molecule has 1 fully saturated rings. The number of benzene rings is 1. The highest BCUT2D eigenvalue weighted by Gasteiger charge is 2.38. The van der Waals surface area contributed by atoms with Crippen molar-refractivity contribution in [1.82, 2.24) is 9.96 Å². The topological polar surface area (TPSA) is 93.0 Å². The van der Waals surface area contributed by atoms with Crippen molar-refractivity contribution in [3.8, 4) is 0 Å². The van der Waals surface area contributed by atoms with Crippen LogP contribution in [0.1, 0.15) is 56.0 Å². The first-order chi connectivity index (χ1) is 12.7. The highest BCUT2D eigenvalue weighted by atomic mass is 16.7. The molecule has 2 aliphatic rings. The first-order valence-corrected chi connectivity index (χ1v) is 9.23. The third kappa shape index (κ3) is 3.95. The lowest BCUT2D eigenvalue weighted by molar-refractivity contribution is -0.385. The third-order valence-electron chi connectivity index (χ3n) is 5.00. The Bertz CT molecular complexity index is 771. The molecule has 0 spiro atoms. The molecule has 0 aliphatic carbocycles. The lowest BCUT2D eigenvalue weighted by atomic mass is 9.97. The molecule has 2 aliphatic heterocycles. The summed E-state index contributed by atoms with van der Waals surface area (Å²) in [5.74, 6) is -0.633. The van der Waals surface area contributed by atoms with E-state index in [-0.39, 0.29) is 29.2 Å². The van der Waals surface area contributed by atoms with Crippen LogP contribution in [0.25, 0.3) is 0 Å². The largest absolute Gasteiger partial charge is 0.367 e. The monoisotopic (exact) mass is 375 g/mol. The van der Waals surface area contributed by atoms with Gasteiger partial charge in [0.15, 0.2) is 0 Å². The molecule has 2 heterocycles. The normalized spacial score (nSPS) is 20.5. The highest BCUT2D eigenvalue weighted by molar-refractivity contribution is 6.02. The summed E-state index contributed by atoms with van der Waals surface area (Å²) in [4.78, 5) is 43.0. The lowest BCUT2D eigenvalue weighted by Gasteiger charge is -2.37. The highest BCUT2D eigenvalue weighted by Crippen LogP contribution is 2.32. The van der Waals surface area contributed by atoms with Crippen LogP contribution in [-0.2, 0) is 16.2 Å². The van der Waals surface area contributed by atoms with Gasteiger partial charge in [-0.1, -0.05) is 18.6 Å². The van der Waals surface area contributed by atoms with Crippen LogP contribution in [0.15, 0.2) is 18.2 Å². The molecule has 1 saturated heterocycles. The Morgan fingerprint density at radius 1 is 1.33 bits per heavy atom. The fraction of sp³-hybridized carbons (Fsp3) is 0.579. The average molecular weight is 375 g/mol. The molecule has 0 saturated carbocycles. The van der Waals surface area contributed by atoms with E-state index >= 15 is 0 Å². The number of carbonyl (C=O) groups excluding carboxylic acids is 2. The summed E-state index contributed by atoms with van der Waals surface area (Å²) in [5, 5.41) is 12.9. The summed E-state index contributed by atoms with van der Waals surface area (Å²) in [5.41, 5.74) is 0.0851. The number of rotatable bonds is 4. The standard InChI is InChI=1S/C19H25N3O5/c1-19(2,3)18(24)27-21-10-5-4-8-14(21)12-20-11-13-7-6-9-15(22(25)26)16(13)17(20)23/h6-7,9,14H,4-5,8,10-12H2,1-3H3. The van der Waals surface area contributed by atoms with Gasteiger partial charge in [-0.15, -0.1) is 5.06 Å². The number of hydroxylamine groups is 2. The van der Waals surface area contributed by atoms with Gasteiger partial charge >= 0.3 is 5.97 Å². The van der Waals surface area contributed by atoms with Gasteiger partial charge in [0.05, 0.1) is 16.4 Å². The van der Waals surface area contributed by atoms with Crippen molar-refractivity contribution in [1.29, 1.82) is 0 Å². The number of hydrogen-bond acceptors (Lipinski definition) is 6. The zero-order chi connectivity index (χ0) is 19.8. The number of piperidine rings is 1. The van der Waals surface area contributed by atoms with Crippen LogP contribution in [0, 0.1) is 15.5 Å². The molecule has 1 amide bonds. The fourth-order valence-corrected chi connectivity index (χ4v) is 3.47. The molecular formula is C19H25N3O5. The second-order valence-electron chi connectivity index (χ2n) is 8.17. The maximum atomic E-state index is 12.8. The smallest absolute Gasteiger partial charge is 0.330 e. The maximum absolute atomic E-state index is 12.8. The van der Waals surface area contributed by atoms with E-state index in [9.17, 15) is 19.7 Å². The number of carbonyl (C=O) groups is 2. The van der Waals surface area contributed by atoms with E-state index < -0.39 is 10.3 Å². The molecule has 27 heavy (non-hydrogen) atoms. The summed E-state index contributed by atoms with van der Waals surface area (Å²) in [6, 6.07) is 4.60. The van der Waals surface area contributed by atoms with Crippen molar-refractivity contribution in [3.05, 3.63) is 39.4 Å². The van der Waals surface area contributed by atoms with Gasteiger partial charge in [-0.2, -0.15) is 0 Å². The summed E-state index contributed by atoms with van der Waals surface area (Å²) in [6.45, 7) is 6.74. The molecule has 0 radical (unpaired) electrons. The van der Waals surface area contributed by atoms with E-state index in [4.69, 9.17) is 4.84 Å². The summed E-state index contributed by atoms with van der Waals surface area (Å²) >= 11 is 0. The molecule has 0 aromatic heterocycles. The lowest BCUT2D eigenvalue weighted by Crippen LogP contribution is -2.48. The molecule has 146 valence electrons. The summed E-state index contributed by atoms with van der Waals surface area (Å²) < 4.78 is 0. The Labute approximate surface area is 158 Å². The minimum absolute atomic E-state index is 0.109. The predicted octanol–water partition coefficient (Wildman–Crippen LogP) is 2.91. The van der Waals surface area contributed by atoms with E-state index in [1.165, 1.54) is 6.07 Å². The number of nitrogens with zero attached hydrogens (tertiary/aromatic N) is 3. The minimum Gasteiger partial charge on any atom is -0.367 e. The van der Waals surface area contributed by atoms with E-state index in [1.807, 2.05) is 0 Å². The van der Waals surface area contributed by atoms with Crippen molar-refractivity contribution in [2.75, 3.05) is 13.1 Å². The minimum atomic E-state index is -0.609. The van der Waals surface area contributed by atoms with Crippen LogP contribution in [0.5, 0.6) is 0 Å². The van der Waals surface area contributed by atoms with Crippen LogP contribution >= 0.6 is 0 Å². The van der Waals surface area contributed by atoms with Crippen molar-refractivity contribution < 1.29 is 19.3 Å². The van der Waals surface area contributed by atoms with E-state index in [2.05, 4.69) is 0 Å². The summed E-state index contributed by atoms with van der Waals surface area (Å²) in [6.07, 6.45) is 2.72. The molecule has 0 bridgehead atoms. The number of nitro groups is 1. The molecule has 8 heteroatoms. The summed E-state index contributed by atoms with van der Waals surface area (Å²) in [7, 11) is 0. The Balaban J connectivity index is 1.74. The predicted molar refractivity (Wildman–Crippen MR) is 97.7 cm³/mol. The van der Waals surface area contributed by atoms with Crippen LogP contribution in [0.2, 0.25) is 0 Å². The zero-order valence-electron chi connectivity index (χ0n) is 15.9. The van der Waals surface area contributed by atoms with Crippen molar-refractivity contribution in [3.63, 3.8) is 0 Å². The van der Waals surface area contributed by atoms with E-state index in [0.29, 0.717) is 25.2 Å². The van der Waals surface area contributed by atoms with Crippen molar-refractivity contribution >= 4 is 17.6 Å². The van der Waals surface area contributed by atoms with Gasteiger partial charge < -0.3 is 9.74 Å². The van der Waals surface area contributed by atoms with Gasteiger partial charge in [0.25, 0.3) is 11.6 Å². The SMILES string of the molecule is CC(C)(C)C(=O)ON1CCCCC1CN1Cc2cccc([N+](=O)[O-])c2C1=O. The van der Waals surface area contributed by atoms with Gasteiger partial charge in [-0.05, 0) is 39.2 Å². The van der Waals surface area contributed by atoms with Gasteiger partial charge in [0, 0.05) is 25.7 Å². The first-order valence-electron chi connectivity index (χ1n) is 9.23. The molecule has 1 aromatic rings. The molecule has 1 aromatic carbocycles. The van der Waals surface area contributed by atoms with E-state index in [0.717, 1.165) is 19.3 Å². The first kappa shape index (κ1) is 19.3. The second-order valence-corrected chi connectivity index (χ2v) is 8.17. The quantitative estimate of drug-likeness (QED) is 0.593. The van der Waals surface area contributed by atoms with Crippen molar-refractivity contribution in [2.24, 2.45) is 5.41 Å². The Hall–Kier alpha value is -2.48. The van der Waals surface area contributed by atoms with E-state index in [1.54, 1.807) is 42.9 Å². The average Bonchev–Trinajstić information content (AvgIpc) is 2.91. The van der Waals surface area contributed by atoms with Crippen LogP contribution < -0.4 is 0 Å². The van der Waals surface area contributed by atoms with Crippen LogP contribution in [-0.4, -0.2) is 45.9 Å². The number of amides is 1. The number of nitro benzene ring substituents is 1. The van der Waals surface area contributed by atoms with Gasteiger partial charge in [0.1, 0.15) is 5.56 Å². The third-order valence-corrected chi connectivity index (χ3v) is 5.00. The molecular weight excluding hydrogens is 350 g/mol. The fourth-order valence-electron chi connectivity index (χ4n) is 3.47. The number of hydrogen-bond donors (Lipinski definition) is 0. The van der Waals surface area contributed by atoms with Gasteiger partial charge in [-0.3, -0.25) is 14.9 Å². The molecule has 1 unspecified atom stereocenters. The Kier molecular flexibility index (Phi) is 5.19. The van der Waals surface area contributed by atoms with Gasteiger partial charge in [0.2, 0.25) is 0 Å². The molecule has 0 N–H and O–H groups in total. The molecule has 1 atom stereocenters.